The van der Waals surface area contributed by atoms with Gasteiger partial charge in [-0.25, -0.2) is 9.18 Å². The molecule has 2 rings (SSSR count). The Labute approximate surface area is 125 Å². The van der Waals surface area contributed by atoms with E-state index in [0.717, 1.165) is 13.2 Å². The minimum atomic E-state index is -0.781. The molecule has 1 aromatic carbocycles. The maximum atomic E-state index is 13.8. The van der Waals surface area contributed by atoms with Crippen LogP contribution in [-0.2, 0) is 11.3 Å². The van der Waals surface area contributed by atoms with E-state index < -0.39 is 22.7 Å². The van der Waals surface area contributed by atoms with Gasteiger partial charge in [-0.1, -0.05) is 6.07 Å². The molecule has 0 radical (unpaired) electrons. The molecule has 0 saturated carbocycles. The van der Waals surface area contributed by atoms with Crippen molar-refractivity contribution in [3.63, 3.8) is 0 Å². The normalized spacial score (nSPS) is 10.4. The number of nitrogens with zero attached hydrogens (tertiary/aromatic N) is 4. The zero-order valence-electron chi connectivity index (χ0n) is 10.6. The van der Waals surface area contributed by atoms with E-state index in [0.29, 0.717) is 5.56 Å². The number of hydrogen-bond donors (Lipinski definition) is 0. The van der Waals surface area contributed by atoms with E-state index in [1.807, 2.05) is 0 Å². The molecule has 0 aliphatic heterocycles. The van der Waals surface area contributed by atoms with Crippen LogP contribution in [0, 0.1) is 15.9 Å². The first-order valence-electron chi connectivity index (χ1n) is 5.54. The molecule has 1 heterocycles. The zero-order chi connectivity index (χ0) is 15.6. The molecule has 0 aliphatic rings. The number of carbonyl (C=O) groups is 1. The minimum absolute atomic E-state index is 0.0554. The van der Waals surface area contributed by atoms with Crippen molar-refractivity contribution in [3.8, 4) is 0 Å². The number of halogens is 2. The van der Waals surface area contributed by atoms with Crippen LogP contribution in [-0.4, -0.2) is 32.8 Å². The summed E-state index contributed by atoms with van der Waals surface area (Å²) in [6.07, 6.45) is 0. The summed E-state index contributed by atoms with van der Waals surface area (Å²) in [5.74, 6) is -2.09. The van der Waals surface area contributed by atoms with Crippen LogP contribution in [0.2, 0.25) is 0 Å². The molecule has 2 aromatic rings. The zero-order valence-corrected chi connectivity index (χ0v) is 12.2. The van der Waals surface area contributed by atoms with Crippen LogP contribution in [0.3, 0.4) is 0 Å². The second-order valence-electron chi connectivity index (χ2n) is 3.90. The number of hydrogen-bond acceptors (Lipinski definition) is 6. The Morgan fingerprint density at radius 3 is 2.81 bits per heavy atom. The third kappa shape index (κ3) is 3.21. The first kappa shape index (κ1) is 15.0. The maximum absolute atomic E-state index is 13.8. The number of rotatable bonds is 4. The van der Waals surface area contributed by atoms with E-state index in [2.05, 4.69) is 30.7 Å². The van der Waals surface area contributed by atoms with E-state index in [4.69, 9.17) is 0 Å². The van der Waals surface area contributed by atoms with Crippen LogP contribution in [0.25, 0.3) is 0 Å². The Hall–Kier alpha value is -2.36. The quantitative estimate of drug-likeness (QED) is 0.470. The van der Waals surface area contributed by atoms with Crippen molar-refractivity contribution in [1.29, 1.82) is 0 Å². The van der Waals surface area contributed by atoms with E-state index >= 15 is 0 Å². The molecular formula is C11H8BrFN4O4. The topological polar surface area (TPSA) is 100 Å². The summed E-state index contributed by atoms with van der Waals surface area (Å²) in [4.78, 5) is 24.7. The lowest BCUT2D eigenvalue weighted by Crippen LogP contribution is -2.07. The lowest BCUT2D eigenvalue weighted by molar-refractivity contribution is -0.394. The van der Waals surface area contributed by atoms with Crippen LogP contribution in [0.1, 0.15) is 15.9 Å². The summed E-state index contributed by atoms with van der Waals surface area (Å²) < 4.78 is 19.5. The van der Waals surface area contributed by atoms with Gasteiger partial charge in [0.25, 0.3) is 4.73 Å². The first-order valence-corrected chi connectivity index (χ1v) is 6.33. The van der Waals surface area contributed by atoms with Crippen molar-refractivity contribution in [1.82, 2.24) is 14.8 Å². The van der Waals surface area contributed by atoms with Gasteiger partial charge in [-0.3, -0.25) is 0 Å². The van der Waals surface area contributed by atoms with Gasteiger partial charge in [0.1, 0.15) is 5.82 Å². The van der Waals surface area contributed by atoms with Crippen molar-refractivity contribution in [2.24, 2.45) is 0 Å². The van der Waals surface area contributed by atoms with Crippen LogP contribution >= 0.6 is 15.9 Å². The van der Waals surface area contributed by atoms with Crippen LogP contribution in [0.5, 0.6) is 0 Å². The van der Waals surface area contributed by atoms with Gasteiger partial charge in [-0.05, 0) is 27.6 Å². The third-order valence-electron chi connectivity index (χ3n) is 2.55. The van der Waals surface area contributed by atoms with Crippen molar-refractivity contribution < 1.29 is 18.8 Å². The van der Waals surface area contributed by atoms with E-state index in [-0.39, 0.29) is 16.8 Å². The van der Waals surface area contributed by atoms with Gasteiger partial charge in [0.2, 0.25) is 0 Å². The lowest BCUT2D eigenvalue weighted by Gasteiger charge is -2.04. The van der Waals surface area contributed by atoms with Crippen LogP contribution in [0.4, 0.5) is 10.3 Å². The summed E-state index contributed by atoms with van der Waals surface area (Å²) in [6, 6.07) is 3.90. The van der Waals surface area contributed by atoms with Crippen molar-refractivity contribution in [2.75, 3.05) is 7.11 Å². The van der Waals surface area contributed by atoms with E-state index in [1.54, 1.807) is 0 Å². The Kier molecular flexibility index (Phi) is 4.26. The molecule has 10 heteroatoms. The van der Waals surface area contributed by atoms with Crippen molar-refractivity contribution in [3.05, 3.63) is 50.0 Å². The molecule has 0 atom stereocenters. The summed E-state index contributed by atoms with van der Waals surface area (Å²) in [7, 11) is 1.15. The number of methoxy groups -OCH3 is 1. The molecule has 0 saturated heterocycles. The summed E-state index contributed by atoms with van der Waals surface area (Å²) in [5, 5.41) is 14.2. The largest absolute Gasteiger partial charge is 0.492 e. The molecule has 0 unspecified atom stereocenters. The molecule has 0 N–H and O–H groups in total. The Morgan fingerprint density at radius 2 is 2.29 bits per heavy atom. The molecule has 8 nitrogen and oxygen atoms in total. The number of benzene rings is 1. The number of nitro groups is 1. The first-order chi connectivity index (χ1) is 9.92. The number of ether oxygens (including phenoxy) is 1. The molecular weight excluding hydrogens is 351 g/mol. The molecule has 21 heavy (non-hydrogen) atoms. The van der Waals surface area contributed by atoms with Crippen LogP contribution < -0.4 is 0 Å². The highest BCUT2D eigenvalue weighted by Gasteiger charge is 2.20. The van der Waals surface area contributed by atoms with Gasteiger partial charge < -0.3 is 14.9 Å². The standard InChI is InChI=1S/C11H8BrFN4O4/c1-21-9(18)7-3-2-6(4-8(7)13)5-16-10(12)14-11(15-16)17(19)20/h2-4H,5H2,1H3. The molecule has 0 fully saturated rings. The number of esters is 1. The highest BCUT2D eigenvalue weighted by Crippen LogP contribution is 2.16. The van der Waals surface area contributed by atoms with Gasteiger partial charge in [-0.2, -0.15) is 4.68 Å². The van der Waals surface area contributed by atoms with E-state index in [9.17, 15) is 19.3 Å². The predicted octanol–water partition coefficient (Wildman–Crippen LogP) is 1.92. The SMILES string of the molecule is COC(=O)c1ccc(Cn2nc([N+](=O)[O-])nc2Br)cc1F. The monoisotopic (exact) mass is 358 g/mol. The molecule has 0 aliphatic carbocycles. The van der Waals surface area contributed by atoms with Gasteiger partial charge in [0.05, 0.1) is 19.2 Å². The van der Waals surface area contributed by atoms with Crippen molar-refractivity contribution >= 4 is 27.8 Å². The molecule has 110 valence electrons. The van der Waals surface area contributed by atoms with Crippen molar-refractivity contribution in [2.45, 2.75) is 6.54 Å². The summed E-state index contributed by atoms with van der Waals surface area (Å²) >= 11 is 3.03. The third-order valence-corrected chi connectivity index (χ3v) is 3.14. The fraction of sp³-hybridized carbons (Fsp3) is 0.182. The highest BCUT2D eigenvalue weighted by molar-refractivity contribution is 9.10. The average molecular weight is 359 g/mol. The molecule has 1 aromatic heterocycles. The highest BCUT2D eigenvalue weighted by atomic mass is 79.9. The van der Waals surface area contributed by atoms with Gasteiger partial charge in [0.15, 0.2) is 0 Å². The van der Waals surface area contributed by atoms with Gasteiger partial charge in [-0.15, -0.1) is 0 Å². The lowest BCUT2D eigenvalue weighted by atomic mass is 10.1. The smallest absolute Gasteiger partial charge is 0.465 e. The fourth-order valence-electron chi connectivity index (χ4n) is 1.60. The molecule has 0 spiro atoms. The average Bonchev–Trinajstić information content (AvgIpc) is 2.80. The number of aromatic nitrogens is 3. The Bertz CT molecular complexity index is 718. The maximum Gasteiger partial charge on any atom is 0.492 e. The fourth-order valence-corrected chi connectivity index (χ4v) is 1.96. The predicted molar refractivity (Wildman–Crippen MR) is 71.2 cm³/mol. The number of carbonyl (C=O) groups excluding carboxylic acids is 1. The molecule has 0 bridgehead atoms. The summed E-state index contributed by atoms with van der Waals surface area (Å²) in [5.41, 5.74) is 0.269. The van der Waals surface area contributed by atoms with Gasteiger partial charge >= 0.3 is 11.9 Å². The van der Waals surface area contributed by atoms with E-state index in [1.165, 1.54) is 16.8 Å². The Balaban J connectivity index is 2.26. The van der Waals surface area contributed by atoms with Gasteiger partial charge in [0, 0.05) is 21.0 Å². The minimum Gasteiger partial charge on any atom is -0.465 e. The summed E-state index contributed by atoms with van der Waals surface area (Å²) in [6.45, 7) is 0.0554. The molecule has 0 amide bonds. The second-order valence-corrected chi connectivity index (χ2v) is 4.61. The second kappa shape index (κ2) is 5.95. The van der Waals surface area contributed by atoms with Crippen LogP contribution in [0.15, 0.2) is 22.9 Å². The Morgan fingerprint density at radius 1 is 1.57 bits per heavy atom.